The number of carbonyl (C=O) groups excluding carboxylic acids is 1. The van der Waals surface area contributed by atoms with E-state index in [1.807, 2.05) is 56.3 Å². The molecule has 0 heterocycles. The Hall–Kier alpha value is -2.89. The number of amides is 2. The molecule has 6 nitrogen and oxygen atoms in total. The number of benzene rings is 2. The van der Waals surface area contributed by atoms with E-state index in [0.717, 1.165) is 16.9 Å². The smallest absolute Gasteiger partial charge is 0.315 e. The van der Waals surface area contributed by atoms with Gasteiger partial charge in [0.05, 0.1) is 20.3 Å². The highest BCUT2D eigenvalue weighted by Gasteiger charge is 2.06. The predicted octanol–water partition coefficient (Wildman–Crippen LogP) is 3.49. The molecule has 6 heteroatoms. The van der Waals surface area contributed by atoms with Gasteiger partial charge in [-0.1, -0.05) is 18.2 Å². The van der Waals surface area contributed by atoms with Gasteiger partial charge in [-0.05, 0) is 49.2 Å². The van der Waals surface area contributed by atoms with Crippen LogP contribution in [0.15, 0.2) is 42.5 Å². The quantitative estimate of drug-likeness (QED) is 0.758. The molecule has 0 spiro atoms. The van der Waals surface area contributed by atoms with Crippen molar-refractivity contribution in [2.75, 3.05) is 14.2 Å². The summed E-state index contributed by atoms with van der Waals surface area (Å²) in [5.74, 6) is 2.09. The Labute approximate surface area is 154 Å². The van der Waals surface area contributed by atoms with E-state index in [2.05, 4.69) is 10.6 Å². The molecule has 0 saturated heterocycles. The number of hydrogen-bond acceptors (Lipinski definition) is 4. The molecule has 140 valence electrons. The molecule has 0 unspecified atom stereocenters. The fourth-order valence-corrected chi connectivity index (χ4v) is 2.42. The van der Waals surface area contributed by atoms with Gasteiger partial charge in [0.25, 0.3) is 0 Å². The highest BCUT2D eigenvalue weighted by atomic mass is 16.5. The fourth-order valence-electron chi connectivity index (χ4n) is 2.42. The molecule has 0 atom stereocenters. The van der Waals surface area contributed by atoms with Crippen molar-refractivity contribution in [2.24, 2.45) is 0 Å². The van der Waals surface area contributed by atoms with Gasteiger partial charge in [0.1, 0.15) is 5.75 Å². The highest BCUT2D eigenvalue weighted by Crippen LogP contribution is 2.27. The molecule has 0 bridgehead atoms. The van der Waals surface area contributed by atoms with Crippen molar-refractivity contribution < 1.29 is 19.0 Å². The summed E-state index contributed by atoms with van der Waals surface area (Å²) in [5, 5.41) is 5.67. The molecular weight excluding hydrogens is 332 g/mol. The molecule has 2 N–H and O–H groups in total. The van der Waals surface area contributed by atoms with Crippen LogP contribution in [0.1, 0.15) is 25.0 Å². The van der Waals surface area contributed by atoms with Crippen LogP contribution in [0.5, 0.6) is 17.2 Å². The van der Waals surface area contributed by atoms with Crippen LogP contribution >= 0.6 is 0 Å². The standard InChI is InChI=1S/C20H26N2O4/c1-14(2)26-17-7-5-6-15(10-17)12-21-20(23)22-13-16-8-9-18(24-3)19(11-16)25-4/h5-11,14H,12-13H2,1-4H3,(H2,21,22,23). The van der Waals surface area contributed by atoms with Crippen molar-refractivity contribution >= 4 is 6.03 Å². The van der Waals surface area contributed by atoms with Crippen LogP contribution in [0.3, 0.4) is 0 Å². The number of hydrogen-bond donors (Lipinski definition) is 2. The number of methoxy groups -OCH3 is 2. The summed E-state index contributed by atoms with van der Waals surface area (Å²) in [6.07, 6.45) is 0.114. The fraction of sp³-hybridized carbons (Fsp3) is 0.350. The summed E-state index contributed by atoms with van der Waals surface area (Å²) in [6.45, 7) is 4.77. The van der Waals surface area contributed by atoms with Gasteiger partial charge in [-0.3, -0.25) is 0 Å². The van der Waals surface area contributed by atoms with Crippen LogP contribution in [-0.2, 0) is 13.1 Å². The lowest BCUT2D eigenvalue weighted by molar-refractivity contribution is 0.239. The molecule has 2 aromatic rings. The zero-order valence-electron chi connectivity index (χ0n) is 15.7. The van der Waals surface area contributed by atoms with E-state index < -0.39 is 0 Å². The number of urea groups is 1. The maximum atomic E-state index is 12.0. The van der Waals surface area contributed by atoms with Crippen LogP contribution in [0.25, 0.3) is 0 Å². The Bertz CT molecular complexity index is 732. The Morgan fingerprint density at radius 2 is 1.58 bits per heavy atom. The summed E-state index contributed by atoms with van der Waals surface area (Å²) in [4.78, 5) is 12.0. The molecular formula is C20H26N2O4. The Morgan fingerprint density at radius 3 is 2.19 bits per heavy atom. The Morgan fingerprint density at radius 1 is 0.923 bits per heavy atom. The van der Waals surface area contributed by atoms with Crippen LogP contribution < -0.4 is 24.8 Å². The zero-order valence-corrected chi connectivity index (χ0v) is 15.7. The Kier molecular flexibility index (Phi) is 7.14. The normalized spacial score (nSPS) is 10.3. The third-order valence-corrected chi connectivity index (χ3v) is 3.62. The number of ether oxygens (including phenoxy) is 3. The van der Waals surface area contributed by atoms with Gasteiger partial charge in [-0.25, -0.2) is 4.79 Å². The minimum Gasteiger partial charge on any atom is -0.493 e. The lowest BCUT2D eigenvalue weighted by Crippen LogP contribution is -2.34. The highest BCUT2D eigenvalue weighted by molar-refractivity contribution is 5.73. The second kappa shape index (κ2) is 9.56. The van der Waals surface area contributed by atoms with Crippen molar-refractivity contribution in [3.8, 4) is 17.2 Å². The summed E-state index contributed by atoms with van der Waals surface area (Å²) >= 11 is 0. The van der Waals surface area contributed by atoms with Crippen molar-refractivity contribution in [3.05, 3.63) is 53.6 Å². The molecule has 0 radical (unpaired) electrons. The average molecular weight is 358 g/mol. The van der Waals surface area contributed by atoms with E-state index in [4.69, 9.17) is 14.2 Å². The topological polar surface area (TPSA) is 68.8 Å². The van der Waals surface area contributed by atoms with Crippen molar-refractivity contribution in [1.29, 1.82) is 0 Å². The number of carbonyl (C=O) groups is 1. The average Bonchev–Trinajstić information content (AvgIpc) is 2.64. The largest absolute Gasteiger partial charge is 0.493 e. The molecule has 0 fully saturated rings. The van der Waals surface area contributed by atoms with E-state index in [-0.39, 0.29) is 12.1 Å². The van der Waals surface area contributed by atoms with E-state index in [9.17, 15) is 4.79 Å². The predicted molar refractivity (Wildman–Crippen MR) is 101 cm³/mol. The monoisotopic (exact) mass is 358 g/mol. The van der Waals surface area contributed by atoms with Gasteiger partial charge >= 0.3 is 6.03 Å². The molecule has 2 aromatic carbocycles. The Balaban J connectivity index is 1.84. The van der Waals surface area contributed by atoms with Gasteiger partial charge in [0.2, 0.25) is 0 Å². The van der Waals surface area contributed by atoms with Gasteiger partial charge < -0.3 is 24.8 Å². The molecule has 2 rings (SSSR count). The van der Waals surface area contributed by atoms with Gasteiger partial charge in [-0.15, -0.1) is 0 Å². The van der Waals surface area contributed by atoms with E-state index in [0.29, 0.717) is 24.6 Å². The summed E-state index contributed by atoms with van der Waals surface area (Å²) < 4.78 is 16.1. The molecule has 0 aliphatic rings. The third kappa shape index (κ3) is 5.88. The molecule has 2 amide bonds. The molecule has 0 aromatic heterocycles. The maximum Gasteiger partial charge on any atom is 0.315 e. The number of nitrogens with one attached hydrogen (secondary N) is 2. The lowest BCUT2D eigenvalue weighted by Gasteiger charge is -2.12. The van der Waals surface area contributed by atoms with Crippen LogP contribution in [0, 0.1) is 0 Å². The second-order valence-electron chi connectivity index (χ2n) is 6.04. The summed E-state index contributed by atoms with van der Waals surface area (Å²) in [5.41, 5.74) is 1.90. The first kappa shape index (κ1) is 19.4. The van der Waals surface area contributed by atoms with E-state index in [1.165, 1.54) is 0 Å². The van der Waals surface area contributed by atoms with Gasteiger partial charge in [0.15, 0.2) is 11.5 Å². The maximum absolute atomic E-state index is 12.0. The van der Waals surface area contributed by atoms with Crippen molar-refractivity contribution in [1.82, 2.24) is 10.6 Å². The summed E-state index contributed by atoms with van der Waals surface area (Å²) in [7, 11) is 3.17. The molecule has 0 saturated carbocycles. The van der Waals surface area contributed by atoms with Crippen LogP contribution in [-0.4, -0.2) is 26.4 Å². The molecule has 0 aliphatic heterocycles. The lowest BCUT2D eigenvalue weighted by atomic mass is 10.2. The third-order valence-electron chi connectivity index (χ3n) is 3.62. The van der Waals surface area contributed by atoms with E-state index >= 15 is 0 Å². The first-order valence-electron chi connectivity index (χ1n) is 8.50. The van der Waals surface area contributed by atoms with Gasteiger partial charge in [-0.2, -0.15) is 0 Å². The first-order valence-corrected chi connectivity index (χ1v) is 8.50. The van der Waals surface area contributed by atoms with Gasteiger partial charge in [0, 0.05) is 13.1 Å². The SMILES string of the molecule is COc1ccc(CNC(=O)NCc2cccc(OC(C)C)c2)cc1OC. The van der Waals surface area contributed by atoms with Crippen LogP contribution in [0.2, 0.25) is 0 Å². The second-order valence-corrected chi connectivity index (χ2v) is 6.04. The first-order chi connectivity index (χ1) is 12.5. The molecule has 26 heavy (non-hydrogen) atoms. The zero-order chi connectivity index (χ0) is 18.9. The minimum atomic E-state index is -0.241. The minimum absolute atomic E-state index is 0.114. The van der Waals surface area contributed by atoms with E-state index in [1.54, 1.807) is 14.2 Å². The van der Waals surface area contributed by atoms with Crippen molar-refractivity contribution in [3.63, 3.8) is 0 Å². The van der Waals surface area contributed by atoms with Crippen molar-refractivity contribution in [2.45, 2.75) is 33.0 Å². The molecule has 0 aliphatic carbocycles. The summed E-state index contributed by atoms with van der Waals surface area (Å²) in [6, 6.07) is 13.0. The number of rotatable bonds is 8. The van der Waals surface area contributed by atoms with Crippen LogP contribution in [0.4, 0.5) is 4.79 Å².